The second kappa shape index (κ2) is 6.78. The number of pyridine rings is 1. The molecule has 1 aliphatic rings. The van der Waals surface area contributed by atoms with Crippen molar-refractivity contribution < 1.29 is 4.79 Å². The molecule has 5 heteroatoms. The predicted molar refractivity (Wildman–Crippen MR) is 85.8 cm³/mol. The number of amides is 2. The highest BCUT2D eigenvalue weighted by Gasteiger charge is 2.25. The molecule has 0 radical (unpaired) electrons. The largest absolute Gasteiger partial charge is 0.363 e. The van der Waals surface area contributed by atoms with Crippen molar-refractivity contribution in [3.8, 4) is 0 Å². The van der Waals surface area contributed by atoms with Crippen molar-refractivity contribution in [2.75, 3.05) is 32.1 Å². The number of rotatable bonds is 4. The first-order chi connectivity index (χ1) is 9.99. The molecule has 1 aromatic heterocycles. The first-order valence-electron chi connectivity index (χ1n) is 7.66. The molecule has 0 saturated carbocycles. The number of aromatic nitrogens is 1. The van der Waals surface area contributed by atoms with Crippen molar-refractivity contribution in [1.29, 1.82) is 0 Å². The van der Waals surface area contributed by atoms with Crippen molar-refractivity contribution in [3.63, 3.8) is 0 Å². The molecular formula is C16H26N4O. The van der Waals surface area contributed by atoms with E-state index in [1.54, 1.807) is 0 Å². The van der Waals surface area contributed by atoms with Gasteiger partial charge in [-0.3, -0.25) is 0 Å². The third-order valence-corrected chi connectivity index (χ3v) is 4.17. The fourth-order valence-corrected chi connectivity index (χ4v) is 2.65. The Balaban J connectivity index is 1.86. The highest BCUT2D eigenvalue weighted by atomic mass is 16.2. The van der Waals surface area contributed by atoms with Gasteiger partial charge in [0, 0.05) is 45.3 Å². The Labute approximate surface area is 127 Å². The third-order valence-electron chi connectivity index (χ3n) is 4.17. The number of urea groups is 1. The highest BCUT2D eigenvalue weighted by molar-refractivity contribution is 5.74. The SMILES string of the molecule is CC(CNC(=O)N1CCCC1C)c1ccc(N(C)C)nc1. The normalized spacial score (nSPS) is 19.4. The Hall–Kier alpha value is -1.78. The zero-order chi connectivity index (χ0) is 15.4. The summed E-state index contributed by atoms with van der Waals surface area (Å²) in [5.41, 5.74) is 1.15. The minimum Gasteiger partial charge on any atom is -0.363 e. The Morgan fingerprint density at radius 1 is 1.52 bits per heavy atom. The van der Waals surface area contributed by atoms with Crippen LogP contribution in [0.25, 0.3) is 0 Å². The van der Waals surface area contributed by atoms with Crippen LogP contribution in [0.4, 0.5) is 10.6 Å². The standard InChI is InChI=1S/C16H26N4O/c1-12(14-7-8-15(17-11-14)19(3)4)10-18-16(21)20-9-5-6-13(20)2/h7-8,11-13H,5-6,9-10H2,1-4H3,(H,18,21). The van der Waals surface area contributed by atoms with Crippen LogP contribution in [0.3, 0.4) is 0 Å². The summed E-state index contributed by atoms with van der Waals surface area (Å²) in [5.74, 6) is 1.21. The Bertz CT molecular complexity index is 472. The van der Waals surface area contributed by atoms with Gasteiger partial charge in [-0.2, -0.15) is 0 Å². The molecule has 21 heavy (non-hydrogen) atoms. The molecule has 0 bridgehead atoms. The highest BCUT2D eigenvalue weighted by Crippen LogP contribution is 2.18. The lowest BCUT2D eigenvalue weighted by Gasteiger charge is -2.23. The van der Waals surface area contributed by atoms with Gasteiger partial charge in [0.05, 0.1) is 0 Å². The van der Waals surface area contributed by atoms with Gasteiger partial charge in [0.1, 0.15) is 5.82 Å². The van der Waals surface area contributed by atoms with E-state index < -0.39 is 0 Å². The number of nitrogens with one attached hydrogen (secondary N) is 1. The third kappa shape index (κ3) is 3.86. The van der Waals surface area contributed by atoms with Gasteiger partial charge < -0.3 is 15.1 Å². The lowest BCUT2D eigenvalue weighted by molar-refractivity contribution is 0.195. The zero-order valence-electron chi connectivity index (χ0n) is 13.5. The molecule has 116 valence electrons. The minimum absolute atomic E-state index is 0.0599. The summed E-state index contributed by atoms with van der Waals surface area (Å²) < 4.78 is 0. The monoisotopic (exact) mass is 290 g/mol. The molecule has 1 aromatic rings. The summed E-state index contributed by atoms with van der Waals surface area (Å²) in [4.78, 5) is 20.5. The van der Waals surface area contributed by atoms with Crippen LogP contribution in [0.2, 0.25) is 0 Å². The van der Waals surface area contributed by atoms with Gasteiger partial charge in [0.15, 0.2) is 0 Å². The van der Waals surface area contributed by atoms with Gasteiger partial charge in [-0.1, -0.05) is 13.0 Å². The second-order valence-electron chi connectivity index (χ2n) is 6.12. The molecule has 2 rings (SSSR count). The van der Waals surface area contributed by atoms with Crippen molar-refractivity contribution in [2.45, 2.75) is 38.6 Å². The Kier molecular flexibility index (Phi) is 5.04. The van der Waals surface area contributed by atoms with Crippen LogP contribution >= 0.6 is 0 Å². The molecule has 2 heterocycles. The first-order valence-corrected chi connectivity index (χ1v) is 7.66. The summed E-state index contributed by atoms with van der Waals surface area (Å²) in [5, 5.41) is 3.04. The predicted octanol–water partition coefficient (Wildman–Crippen LogP) is 2.45. The van der Waals surface area contributed by atoms with E-state index in [0.29, 0.717) is 12.6 Å². The molecule has 1 N–H and O–H groups in total. The number of carbonyl (C=O) groups excluding carboxylic acids is 1. The van der Waals surface area contributed by atoms with Crippen LogP contribution in [-0.4, -0.2) is 49.1 Å². The van der Waals surface area contributed by atoms with E-state index in [-0.39, 0.29) is 11.9 Å². The van der Waals surface area contributed by atoms with Gasteiger partial charge in [-0.15, -0.1) is 0 Å². The molecule has 0 aromatic carbocycles. The molecular weight excluding hydrogens is 264 g/mol. The van der Waals surface area contributed by atoms with Crippen LogP contribution in [0.5, 0.6) is 0 Å². The van der Waals surface area contributed by atoms with Crippen molar-refractivity contribution >= 4 is 11.8 Å². The summed E-state index contributed by atoms with van der Waals surface area (Å²) in [6.07, 6.45) is 4.11. The van der Waals surface area contributed by atoms with Crippen molar-refractivity contribution in [2.24, 2.45) is 0 Å². The van der Waals surface area contributed by atoms with Crippen molar-refractivity contribution in [3.05, 3.63) is 23.9 Å². The second-order valence-corrected chi connectivity index (χ2v) is 6.12. The zero-order valence-corrected chi connectivity index (χ0v) is 13.5. The van der Waals surface area contributed by atoms with Gasteiger partial charge in [-0.25, -0.2) is 9.78 Å². The van der Waals surface area contributed by atoms with E-state index in [9.17, 15) is 4.79 Å². The first kappa shape index (κ1) is 15.6. The number of hydrogen-bond acceptors (Lipinski definition) is 3. The molecule has 1 saturated heterocycles. The average Bonchev–Trinajstić information content (AvgIpc) is 2.90. The number of likely N-dealkylation sites (tertiary alicyclic amines) is 1. The smallest absolute Gasteiger partial charge is 0.317 e. The number of anilines is 1. The Morgan fingerprint density at radius 2 is 2.29 bits per heavy atom. The van der Waals surface area contributed by atoms with E-state index in [1.807, 2.05) is 36.2 Å². The lowest BCUT2D eigenvalue weighted by Crippen LogP contribution is -2.42. The quantitative estimate of drug-likeness (QED) is 0.926. The van der Waals surface area contributed by atoms with E-state index in [1.165, 1.54) is 0 Å². The van der Waals surface area contributed by atoms with Gasteiger partial charge in [-0.05, 0) is 31.4 Å². The van der Waals surface area contributed by atoms with E-state index in [0.717, 1.165) is 30.8 Å². The topological polar surface area (TPSA) is 48.5 Å². The summed E-state index contributed by atoms with van der Waals surface area (Å²) in [6.45, 7) is 5.74. The molecule has 5 nitrogen and oxygen atoms in total. The summed E-state index contributed by atoms with van der Waals surface area (Å²) >= 11 is 0. The van der Waals surface area contributed by atoms with Crippen LogP contribution < -0.4 is 10.2 Å². The Morgan fingerprint density at radius 3 is 2.81 bits per heavy atom. The molecule has 1 fully saturated rings. The number of nitrogens with zero attached hydrogens (tertiary/aromatic N) is 3. The van der Waals surface area contributed by atoms with Gasteiger partial charge in [0.2, 0.25) is 0 Å². The fraction of sp³-hybridized carbons (Fsp3) is 0.625. The number of hydrogen-bond donors (Lipinski definition) is 1. The summed E-state index contributed by atoms with van der Waals surface area (Å²) in [6, 6.07) is 4.51. The van der Waals surface area contributed by atoms with E-state index in [4.69, 9.17) is 0 Å². The number of carbonyl (C=O) groups is 1. The maximum Gasteiger partial charge on any atom is 0.317 e. The molecule has 2 unspecified atom stereocenters. The molecule has 2 atom stereocenters. The van der Waals surface area contributed by atoms with Crippen LogP contribution in [-0.2, 0) is 0 Å². The summed E-state index contributed by atoms with van der Waals surface area (Å²) in [7, 11) is 3.95. The van der Waals surface area contributed by atoms with E-state index in [2.05, 4.69) is 30.2 Å². The molecule has 1 aliphatic heterocycles. The molecule has 0 aliphatic carbocycles. The molecule has 2 amide bonds. The minimum atomic E-state index is 0.0599. The van der Waals surface area contributed by atoms with Crippen molar-refractivity contribution in [1.82, 2.24) is 15.2 Å². The van der Waals surface area contributed by atoms with Crippen LogP contribution in [0.15, 0.2) is 18.3 Å². The van der Waals surface area contributed by atoms with Gasteiger partial charge >= 0.3 is 6.03 Å². The molecule has 0 spiro atoms. The van der Waals surface area contributed by atoms with Gasteiger partial charge in [0.25, 0.3) is 0 Å². The van der Waals surface area contributed by atoms with E-state index >= 15 is 0 Å². The van der Waals surface area contributed by atoms with Crippen LogP contribution in [0, 0.1) is 0 Å². The van der Waals surface area contributed by atoms with Crippen LogP contribution in [0.1, 0.15) is 38.2 Å². The average molecular weight is 290 g/mol. The fourth-order valence-electron chi connectivity index (χ4n) is 2.65. The lowest BCUT2D eigenvalue weighted by atomic mass is 10.0. The maximum atomic E-state index is 12.1. The maximum absolute atomic E-state index is 12.1.